The number of rotatable bonds is 11. The van der Waals surface area contributed by atoms with Crippen molar-refractivity contribution in [2.75, 3.05) is 19.0 Å². The summed E-state index contributed by atoms with van der Waals surface area (Å²) in [7, 11) is 1.55. The molecule has 0 aliphatic carbocycles. The molecule has 4 N–H and O–H groups in total. The highest BCUT2D eigenvalue weighted by molar-refractivity contribution is 5.88. The van der Waals surface area contributed by atoms with Gasteiger partial charge in [-0.2, -0.15) is 0 Å². The van der Waals surface area contributed by atoms with Crippen molar-refractivity contribution >= 4 is 22.6 Å². The Balaban J connectivity index is 1.43. The number of pyridine rings is 1. The van der Waals surface area contributed by atoms with Crippen LogP contribution in [0.25, 0.3) is 10.9 Å². The van der Waals surface area contributed by atoms with E-state index in [1.165, 1.54) is 0 Å². The first-order chi connectivity index (χ1) is 19.1. The zero-order valence-corrected chi connectivity index (χ0v) is 23.1. The minimum atomic E-state index is -0.825. The van der Waals surface area contributed by atoms with Gasteiger partial charge in [-0.15, -0.1) is 0 Å². The van der Waals surface area contributed by atoms with Gasteiger partial charge in [0.2, 0.25) is 0 Å². The number of esters is 1. The largest absolute Gasteiger partial charge is 0.493 e. The molecule has 0 aliphatic rings. The topological polar surface area (TPSA) is 125 Å². The number of aliphatic hydroxyl groups is 1. The molecule has 40 heavy (non-hydrogen) atoms. The number of carbonyl (C=O) groups is 1. The average molecular weight is 546 g/mol. The predicted octanol–water partition coefficient (Wildman–Crippen LogP) is 5.58. The molecule has 1 heterocycles. The van der Waals surface area contributed by atoms with Crippen molar-refractivity contribution in [2.24, 2.45) is 5.73 Å². The quantitative estimate of drug-likeness (QED) is 0.164. The Bertz CT molecular complexity index is 1420. The molecule has 9 heteroatoms. The Morgan fingerprint density at radius 1 is 1.00 bits per heavy atom. The van der Waals surface area contributed by atoms with Crippen LogP contribution in [0, 0.1) is 0 Å². The Morgan fingerprint density at radius 2 is 1.73 bits per heavy atom. The number of aliphatic hydroxyl groups excluding tert-OH is 1. The smallest absolute Gasteiger partial charge is 0.323 e. The van der Waals surface area contributed by atoms with E-state index in [1.807, 2.05) is 54.6 Å². The van der Waals surface area contributed by atoms with E-state index >= 15 is 0 Å². The molecule has 4 rings (SSSR count). The molecule has 9 nitrogen and oxygen atoms in total. The number of nitrogens with one attached hydrogen (secondary N) is 1. The molecular weight excluding hydrogens is 510 g/mol. The van der Waals surface area contributed by atoms with Crippen molar-refractivity contribution < 1.29 is 28.8 Å². The highest BCUT2D eigenvalue weighted by Gasteiger charge is 2.22. The van der Waals surface area contributed by atoms with Gasteiger partial charge in [0, 0.05) is 35.3 Å². The average Bonchev–Trinajstić information content (AvgIpc) is 2.93. The van der Waals surface area contributed by atoms with E-state index in [2.05, 4.69) is 10.3 Å². The molecular formula is C31H35N3O6. The second kappa shape index (κ2) is 12.7. The third kappa shape index (κ3) is 7.62. The van der Waals surface area contributed by atoms with Crippen molar-refractivity contribution in [1.29, 1.82) is 0 Å². The van der Waals surface area contributed by atoms with Crippen LogP contribution < -0.4 is 25.3 Å². The normalized spacial score (nSPS) is 12.8. The van der Waals surface area contributed by atoms with Crippen molar-refractivity contribution in [2.45, 2.75) is 45.1 Å². The molecule has 0 bridgehead atoms. The van der Waals surface area contributed by atoms with Crippen molar-refractivity contribution in [1.82, 2.24) is 4.98 Å². The molecule has 3 aromatic carbocycles. The summed E-state index contributed by atoms with van der Waals surface area (Å²) in [4.78, 5) is 16.6. The number of hydrogen-bond acceptors (Lipinski definition) is 9. The maximum absolute atomic E-state index is 12.1. The fourth-order valence-electron chi connectivity index (χ4n) is 3.90. The van der Waals surface area contributed by atoms with E-state index < -0.39 is 23.8 Å². The first-order valence-electron chi connectivity index (χ1n) is 13.0. The van der Waals surface area contributed by atoms with Crippen LogP contribution in [-0.4, -0.2) is 41.4 Å². The van der Waals surface area contributed by atoms with Gasteiger partial charge in [-0.1, -0.05) is 30.3 Å². The summed E-state index contributed by atoms with van der Waals surface area (Å²) in [5.74, 6) is 1.70. The van der Waals surface area contributed by atoms with Gasteiger partial charge in [-0.05, 0) is 57.2 Å². The Morgan fingerprint density at radius 3 is 2.40 bits per heavy atom. The SMILES string of the molecule is COc1cc2c(Oc3ccc(NC(O)c4ccccc4)cc3)ccnc2cc1OCC[C@H](N)C(=O)OC(C)(C)C. The van der Waals surface area contributed by atoms with E-state index in [1.54, 1.807) is 52.3 Å². The molecule has 0 amide bonds. The number of carbonyl (C=O) groups excluding carboxylic acids is 1. The zero-order valence-electron chi connectivity index (χ0n) is 23.1. The van der Waals surface area contributed by atoms with E-state index in [-0.39, 0.29) is 13.0 Å². The number of nitrogens with zero attached hydrogens (tertiary/aromatic N) is 1. The highest BCUT2D eigenvalue weighted by Crippen LogP contribution is 2.37. The Labute approximate surface area is 233 Å². The van der Waals surface area contributed by atoms with Gasteiger partial charge in [-0.25, -0.2) is 0 Å². The maximum atomic E-state index is 12.1. The molecule has 0 spiro atoms. The molecule has 0 radical (unpaired) electrons. The van der Waals surface area contributed by atoms with Crippen molar-refractivity contribution in [3.63, 3.8) is 0 Å². The van der Waals surface area contributed by atoms with Gasteiger partial charge in [-0.3, -0.25) is 9.78 Å². The van der Waals surface area contributed by atoms with Crippen LogP contribution in [0.4, 0.5) is 5.69 Å². The molecule has 1 aromatic heterocycles. The summed E-state index contributed by atoms with van der Waals surface area (Å²) in [6.07, 6.45) is 1.10. The first-order valence-corrected chi connectivity index (χ1v) is 13.0. The number of benzene rings is 3. The van der Waals surface area contributed by atoms with Gasteiger partial charge in [0.15, 0.2) is 17.7 Å². The standard InChI is InChI=1S/C31H35N3O6/c1-31(2,3)40-30(36)24(32)15-17-38-28-19-25-23(18-27(28)37-4)26(14-16-33-25)39-22-12-10-21(11-13-22)34-29(35)20-8-6-5-7-9-20/h5-14,16,18-19,24,29,34-35H,15,17,32H2,1-4H3/t24-,29?/m0/s1. The van der Waals surface area contributed by atoms with Gasteiger partial charge < -0.3 is 35.1 Å². The molecule has 210 valence electrons. The van der Waals surface area contributed by atoms with Crippen LogP contribution >= 0.6 is 0 Å². The Hall–Kier alpha value is -4.34. The fourth-order valence-corrected chi connectivity index (χ4v) is 3.90. The van der Waals surface area contributed by atoms with Gasteiger partial charge in [0.05, 0.1) is 19.2 Å². The highest BCUT2D eigenvalue weighted by atomic mass is 16.6. The lowest BCUT2D eigenvalue weighted by atomic mass is 10.1. The second-order valence-corrected chi connectivity index (χ2v) is 10.2. The molecule has 1 unspecified atom stereocenters. The van der Waals surface area contributed by atoms with Gasteiger partial charge >= 0.3 is 5.97 Å². The summed E-state index contributed by atoms with van der Waals surface area (Å²) in [5.41, 5.74) is 7.53. The van der Waals surface area contributed by atoms with Gasteiger partial charge in [0.25, 0.3) is 0 Å². The second-order valence-electron chi connectivity index (χ2n) is 10.2. The molecule has 0 fully saturated rings. The van der Waals surface area contributed by atoms with Crippen LogP contribution in [0.2, 0.25) is 0 Å². The number of fused-ring (bicyclic) bond motifs is 1. The van der Waals surface area contributed by atoms with E-state index in [9.17, 15) is 9.90 Å². The summed E-state index contributed by atoms with van der Waals surface area (Å²) < 4.78 is 22.9. The van der Waals surface area contributed by atoms with Crippen molar-refractivity contribution in [3.8, 4) is 23.0 Å². The zero-order chi connectivity index (χ0) is 28.7. The minimum absolute atomic E-state index is 0.192. The first kappa shape index (κ1) is 28.7. The lowest BCUT2D eigenvalue weighted by Crippen LogP contribution is -2.38. The summed E-state index contributed by atoms with van der Waals surface area (Å²) in [6, 6.07) is 21.2. The van der Waals surface area contributed by atoms with Crippen LogP contribution in [0.5, 0.6) is 23.0 Å². The predicted molar refractivity (Wildman–Crippen MR) is 154 cm³/mol. The van der Waals surface area contributed by atoms with Crippen LogP contribution in [-0.2, 0) is 9.53 Å². The number of methoxy groups -OCH3 is 1. The van der Waals surface area contributed by atoms with Crippen LogP contribution in [0.15, 0.2) is 79.0 Å². The molecule has 0 aliphatic heterocycles. The lowest BCUT2D eigenvalue weighted by Gasteiger charge is -2.22. The lowest BCUT2D eigenvalue weighted by molar-refractivity contribution is -0.156. The van der Waals surface area contributed by atoms with Crippen LogP contribution in [0.3, 0.4) is 0 Å². The number of ether oxygens (including phenoxy) is 4. The van der Waals surface area contributed by atoms with E-state index in [0.29, 0.717) is 28.5 Å². The maximum Gasteiger partial charge on any atom is 0.323 e. The summed E-state index contributed by atoms with van der Waals surface area (Å²) in [5, 5.41) is 14.2. The molecule has 0 saturated carbocycles. The number of hydrogen-bond donors (Lipinski definition) is 3. The van der Waals surface area contributed by atoms with E-state index in [0.717, 1.165) is 16.6 Å². The number of anilines is 1. The summed E-state index contributed by atoms with van der Waals surface area (Å²) in [6.45, 7) is 5.58. The van der Waals surface area contributed by atoms with Crippen LogP contribution in [0.1, 0.15) is 39.0 Å². The minimum Gasteiger partial charge on any atom is -0.493 e. The van der Waals surface area contributed by atoms with E-state index in [4.69, 9.17) is 24.7 Å². The fraction of sp³-hybridized carbons (Fsp3) is 0.290. The molecule has 4 aromatic rings. The van der Waals surface area contributed by atoms with Crippen molar-refractivity contribution in [3.05, 3.63) is 84.6 Å². The third-order valence-corrected chi connectivity index (χ3v) is 5.88. The number of aromatic nitrogens is 1. The van der Waals surface area contributed by atoms with Gasteiger partial charge in [0.1, 0.15) is 23.1 Å². The molecule has 0 saturated heterocycles. The Kier molecular flexibility index (Phi) is 9.08. The summed E-state index contributed by atoms with van der Waals surface area (Å²) >= 11 is 0. The third-order valence-electron chi connectivity index (χ3n) is 5.88. The monoisotopic (exact) mass is 545 g/mol. The number of nitrogens with two attached hydrogens (primary N) is 1. The molecule has 2 atom stereocenters.